The number of nitrogens with one attached hydrogen (secondary N) is 1. The monoisotopic (exact) mass is 417 g/mol. The van der Waals surface area contributed by atoms with Gasteiger partial charge in [0, 0.05) is 19.6 Å². The molecule has 0 aromatic heterocycles. The zero-order valence-electron chi connectivity index (χ0n) is 16.8. The van der Waals surface area contributed by atoms with Crippen LogP contribution in [-0.2, 0) is 23.1 Å². The van der Waals surface area contributed by atoms with Crippen LogP contribution in [0.4, 0.5) is 0 Å². The van der Waals surface area contributed by atoms with Gasteiger partial charge in [0.05, 0.1) is 11.5 Å². The zero-order chi connectivity index (χ0) is 20.5. The van der Waals surface area contributed by atoms with E-state index in [1.807, 2.05) is 12.1 Å². The molecule has 1 aliphatic rings. The number of nitrogens with two attached hydrogens (primary N) is 1. The highest BCUT2D eigenvalue weighted by Crippen LogP contribution is 2.14. The third kappa shape index (κ3) is 7.44. The molecule has 0 radical (unpaired) electrons. The van der Waals surface area contributed by atoms with Crippen LogP contribution in [0.1, 0.15) is 36.8 Å². The molecule has 2 aromatic rings. The number of likely N-dealkylation sites (tertiary alicyclic amines) is 1. The van der Waals surface area contributed by atoms with Crippen LogP contribution >= 0.6 is 0 Å². The topological polar surface area (TPSA) is 84.7 Å². The minimum atomic E-state index is -3.64. The van der Waals surface area contributed by atoms with Crippen LogP contribution in [0, 0.1) is 0 Å². The third-order valence-corrected chi connectivity index (χ3v) is 6.10. The summed E-state index contributed by atoms with van der Waals surface area (Å²) < 4.78 is 28.4. The molecule has 0 unspecified atom stereocenters. The first-order valence-electron chi connectivity index (χ1n) is 10.3. The molecule has 0 bridgehead atoms. The lowest BCUT2D eigenvalue weighted by molar-refractivity contribution is 0.205. The van der Waals surface area contributed by atoms with Crippen molar-refractivity contribution in [3.8, 4) is 5.75 Å². The molecule has 0 amide bonds. The fourth-order valence-corrected chi connectivity index (χ4v) is 4.03. The van der Waals surface area contributed by atoms with Crippen molar-refractivity contribution in [3.63, 3.8) is 0 Å². The van der Waals surface area contributed by atoms with E-state index < -0.39 is 10.0 Å². The van der Waals surface area contributed by atoms with Crippen molar-refractivity contribution in [1.82, 2.24) is 10.2 Å². The summed E-state index contributed by atoms with van der Waals surface area (Å²) in [6.07, 6.45) is 5.10. The Labute approximate surface area is 174 Å². The highest BCUT2D eigenvalue weighted by atomic mass is 32.2. The maximum atomic E-state index is 11.3. The van der Waals surface area contributed by atoms with Crippen LogP contribution in [0.2, 0.25) is 0 Å². The quantitative estimate of drug-likeness (QED) is 0.581. The lowest BCUT2D eigenvalue weighted by atomic mass is 10.1. The van der Waals surface area contributed by atoms with Crippen molar-refractivity contribution in [2.75, 3.05) is 26.2 Å². The van der Waals surface area contributed by atoms with E-state index in [4.69, 9.17) is 9.88 Å². The van der Waals surface area contributed by atoms with Gasteiger partial charge in [0.25, 0.3) is 0 Å². The summed E-state index contributed by atoms with van der Waals surface area (Å²) in [4.78, 5) is 2.66. The standard InChI is InChI=1S/C22H31N3O3S/c23-29(26,27)22-11-7-20(8-12-22)18-24-17-19-5-9-21(10-6-19)28-16-4-15-25-13-2-1-3-14-25/h5-12,24H,1-4,13-18H2,(H2,23,26,27). The Kier molecular flexibility index (Phi) is 8.06. The second kappa shape index (κ2) is 10.7. The Balaban J connectivity index is 1.34. The minimum Gasteiger partial charge on any atom is -0.494 e. The number of rotatable bonds is 10. The van der Waals surface area contributed by atoms with Gasteiger partial charge >= 0.3 is 0 Å². The van der Waals surface area contributed by atoms with Crippen molar-refractivity contribution < 1.29 is 13.2 Å². The van der Waals surface area contributed by atoms with E-state index in [0.717, 1.165) is 37.4 Å². The van der Waals surface area contributed by atoms with Gasteiger partial charge in [-0.1, -0.05) is 30.7 Å². The van der Waals surface area contributed by atoms with Gasteiger partial charge in [-0.2, -0.15) is 0 Å². The highest BCUT2D eigenvalue weighted by molar-refractivity contribution is 7.89. The Bertz CT molecular complexity index is 846. The summed E-state index contributed by atoms with van der Waals surface area (Å²) in [5, 5.41) is 8.47. The van der Waals surface area contributed by atoms with E-state index in [-0.39, 0.29) is 4.90 Å². The maximum Gasteiger partial charge on any atom is 0.238 e. The molecule has 7 heteroatoms. The molecular weight excluding hydrogens is 386 g/mol. The molecule has 1 heterocycles. The lowest BCUT2D eigenvalue weighted by Crippen LogP contribution is -2.31. The van der Waals surface area contributed by atoms with Crippen LogP contribution < -0.4 is 15.2 Å². The number of hydrogen-bond acceptors (Lipinski definition) is 5. The van der Waals surface area contributed by atoms with Crippen LogP contribution in [0.5, 0.6) is 5.75 Å². The molecule has 0 aliphatic carbocycles. The van der Waals surface area contributed by atoms with Gasteiger partial charge in [0.15, 0.2) is 0 Å². The summed E-state index contributed by atoms with van der Waals surface area (Å²) in [6, 6.07) is 14.8. The number of ether oxygens (including phenoxy) is 1. The summed E-state index contributed by atoms with van der Waals surface area (Å²) >= 11 is 0. The summed E-state index contributed by atoms with van der Waals surface area (Å²) in [5.74, 6) is 0.908. The fraction of sp³-hybridized carbons (Fsp3) is 0.455. The van der Waals surface area contributed by atoms with Crippen molar-refractivity contribution in [2.45, 2.75) is 43.7 Å². The average molecular weight is 418 g/mol. The van der Waals surface area contributed by atoms with Crippen LogP contribution in [0.15, 0.2) is 53.4 Å². The van der Waals surface area contributed by atoms with Crippen LogP contribution in [0.25, 0.3) is 0 Å². The summed E-state index contributed by atoms with van der Waals surface area (Å²) in [7, 11) is -3.64. The van der Waals surface area contributed by atoms with E-state index in [1.54, 1.807) is 12.1 Å². The number of benzene rings is 2. The Morgan fingerprint density at radius 1 is 0.897 bits per heavy atom. The molecule has 1 fully saturated rings. The van der Waals surface area contributed by atoms with E-state index in [1.165, 1.54) is 50.0 Å². The molecule has 0 atom stereocenters. The molecule has 158 valence electrons. The SMILES string of the molecule is NS(=O)(=O)c1ccc(CNCc2ccc(OCCCN3CCCCC3)cc2)cc1. The molecule has 3 rings (SSSR count). The average Bonchev–Trinajstić information content (AvgIpc) is 2.73. The highest BCUT2D eigenvalue weighted by Gasteiger charge is 2.09. The van der Waals surface area contributed by atoms with Crippen molar-refractivity contribution in [2.24, 2.45) is 5.14 Å². The fourth-order valence-electron chi connectivity index (χ4n) is 3.51. The van der Waals surface area contributed by atoms with Gasteiger partial charge in [-0.25, -0.2) is 13.6 Å². The molecule has 1 aliphatic heterocycles. The van der Waals surface area contributed by atoms with E-state index in [2.05, 4.69) is 22.3 Å². The molecule has 3 N–H and O–H groups in total. The van der Waals surface area contributed by atoms with Gasteiger partial charge in [0.1, 0.15) is 5.75 Å². The summed E-state index contributed by atoms with van der Waals surface area (Å²) in [5.41, 5.74) is 2.18. The van der Waals surface area contributed by atoms with Gasteiger partial charge < -0.3 is 15.0 Å². The first-order chi connectivity index (χ1) is 14.0. The number of hydrogen-bond donors (Lipinski definition) is 2. The molecular formula is C22H31N3O3S. The van der Waals surface area contributed by atoms with Crippen LogP contribution in [0.3, 0.4) is 0 Å². The first kappa shape index (κ1) is 21.8. The van der Waals surface area contributed by atoms with Crippen molar-refractivity contribution in [1.29, 1.82) is 0 Å². The zero-order valence-corrected chi connectivity index (χ0v) is 17.7. The molecule has 1 saturated heterocycles. The van der Waals surface area contributed by atoms with Gasteiger partial charge in [-0.05, 0) is 67.7 Å². The number of nitrogens with zero attached hydrogens (tertiary/aromatic N) is 1. The molecule has 6 nitrogen and oxygen atoms in total. The lowest BCUT2D eigenvalue weighted by Gasteiger charge is -2.26. The normalized spacial score (nSPS) is 15.3. The largest absolute Gasteiger partial charge is 0.494 e. The predicted octanol–water partition coefficient (Wildman–Crippen LogP) is 2.88. The maximum absolute atomic E-state index is 11.3. The molecule has 2 aromatic carbocycles. The number of sulfonamides is 1. The Hall–Kier alpha value is -1.93. The van der Waals surface area contributed by atoms with Gasteiger partial charge in [0.2, 0.25) is 10.0 Å². The minimum absolute atomic E-state index is 0.132. The molecule has 0 spiro atoms. The molecule has 0 saturated carbocycles. The number of piperidine rings is 1. The second-order valence-electron chi connectivity index (χ2n) is 7.54. The van der Waals surface area contributed by atoms with E-state index in [9.17, 15) is 8.42 Å². The van der Waals surface area contributed by atoms with E-state index in [0.29, 0.717) is 6.54 Å². The smallest absolute Gasteiger partial charge is 0.238 e. The van der Waals surface area contributed by atoms with Crippen molar-refractivity contribution in [3.05, 3.63) is 59.7 Å². The third-order valence-electron chi connectivity index (χ3n) is 5.17. The second-order valence-corrected chi connectivity index (χ2v) is 9.10. The van der Waals surface area contributed by atoms with E-state index >= 15 is 0 Å². The molecule has 29 heavy (non-hydrogen) atoms. The number of primary sulfonamides is 1. The first-order valence-corrected chi connectivity index (χ1v) is 11.8. The van der Waals surface area contributed by atoms with Crippen LogP contribution in [-0.4, -0.2) is 39.6 Å². The summed E-state index contributed by atoms with van der Waals surface area (Å²) in [6.45, 7) is 5.73. The van der Waals surface area contributed by atoms with Crippen molar-refractivity contribution >= 4 is 10.0 Å². The predicted molar refractivity (Wildman–Crippen MR) is 115 cm³/mol. The Morgan fingerprint density at radius 2 is 1.48 bits per heavy atom. The van der Waals surface area contributed by atoms with Gasteiger partial charge in [-0.3, -0.25) is 0 Å². The Morgan fingerprint density at radius 3 is 2.07 bits per heavy atom. The van der Waals surface area contributed by atoms with Gasteiger partial charge in [-0.15, -0.1) is 0 Å².